The molecular formula is C15H19N3OS. The van der Waals surface area contributed by atoms with Crippen LogP contribution < -0.4 is 4.90 Å². The summed E-state index contributed by atoms with van der Waals surface area (Å²) in [6.45, 7) is 5.83. The van der Waals surface area contributed by atoms with Crippen LogP contribution in [0.1, 0.15) is 23.8 Å². The maximum absolute atomic E-state index is 5.46. The van der Waals surface area contributed by atoms with E-state index in [9.17, 15) is 0 Å². The highest BCUT2D eigenvalue weighted by Gasteiger charge is 2.25. The number of aromatic nitrogens is 2. The van der Waals surface area contributed by atoms with E-state index < -0.39 is 0 Å². The van der Waals surface area contributed by atoms with Crippen molar-refractivity contribution in [3.8, 4) is 0 Å². The van der Waals surface area contributed by atoms with Crippen LogP contribution in [0.5, 0.6) is 0 Å². The van der Waals surface area contributed by atoms with E-state index in [2.05, 4.69) is 21.8 Å². The van der Waals surface area contributed by atoms with Gasteiger partial charge in [-0.05, 0) is 30.7 Å². The molecule has 106 valence electrons. The van der Waals surface area contributed by atoms with Crippen molar-refractivity contribution < 1.29 is 4.74 Å². The SMILES string of the molecule is C[C@H]1CCc2c(sc3ncnc(N4CCOCC4)c23)C1. The third-order valence-electron chi connectivity index (χ3n) is 4.38. The molecule has 3 heterocycles. The first-order chi connectivity index (χ1) is 9.83. The lowest BCUT2D eigenvalue weighted by Crippen LogP contribution is -2.37. The number of aryl methyl sites for hydroxylation is 1. The summed E-state index contributed by atoms with van der Waals surface area (Å²) in [5.41, 5.74) is 1.52. The standard InChI is InChI=1S/C15H19N3OS/c1-10-2-3-11-12(8-10)20-15-13(11)14(16-9-17-15)18-4-6-19-7-5-18/h9-10H,2-8H2,1H3/t10-/m0/s1. The summed E-state index contributed by atoms with van der Waals surface area (Å²) in [6, 6.07) is 0. The molecule has 0 aromatic carbocycles. The molecule has 1 aliphatic heterocycles. The largest absolute Gasteiger partial charge is 0.378 e. The monoisotopic (exact) mass is 289 g/mol. The molecule has 0 saturated carbocycles. The van der Waals surface area contributed by atoms with E-state index in [1.54, 1.807) is 6.33 Å². The fraction of sp³-hybridized carbons (Fsp3) is 0.600. The number of thiophene rings is 1. The van der Waals surface area contributed by atoms with Crippen LogP contribution in [-0.4, -0.2) is 36.3 Å². The Morgan fingerprint density at radius 1 is 1.30 bits per heavy atom. The van der Waals surface area contributed by atoms with Crippen LogP contribution in [0.25, 0.3) is 10.2 Å². The second kappa shape index (κ2) is 4.97. The first kappa shape index (κ1) is 12.5. The molecule has 0 spiro atoms. The molecule has 2 aliphatic rings. The normalized spacial score (nSPS) is 23.1. The van der Waals surface area contributed by atoms with Crippen LogP contribution in [-0.2, 0) is 17.6 Å². The van der Waals surface area contributed by atoms with Gasteiger partial charge in [0.25, 0.3) is 0 Å². The Balaban J connectivity index is 1.84. The minimum absolute atomic E-state index is 0.800. The van der Waals surface area contributed by atoms with Gasteiger partial charge in [-0.15, -0.1) is 11.3 Å². The Hall–Kier alpha value is -1.20. The third-order valence-corrected chi connectivity index (χ3v) is 5.54. The lowest BCUT2D eigenvalue weighted by atomic mass is 9.89. The fourth-order valence-electron chi connectivity index (χ4n) is 3.27. The first-order valence-electron chi connectivity index (χ1n) is 7.41. The molecule has 2 aromatic rings. The highest BCUT2D eigenvalue weighted by Crippen LogP contribution is 2.40. The summed E-state index contributed by atoms with van der Waals surface area (Å²) >= 11 is 1.87. The number of rotatable bonds is 1. The summed E-state index contributed by atoms with van der Waals surface area (Å²) in [6.07, 6.45) is 5.40. The van der Waals surface area contributed by atoms with Crippen LogP contribution in [0.2, 0.25) is 0 Å². The summed E-state index contributed by atoms with van der Waals surface area (Å²) in [5, 5.41) is 1.32. The molecule has 0 amide bonds. The average molecular weight is 289 g/mol. The number of anilines is 1. The minimum atomic E-state index is 0.800. The van der Waals surface area contributed by atoms with Gasteiger partial charge < -0.3 is 9.64 Å². The molecule has 4 nitrogen and oxygen atoms in total. The van der Waals surface area contributed by atoms with Crippen molar-refractivity contribution in [2.75, 3.05) is 31.2 Å². The summed E-state index contributed by atoms with van der Waals surface area (Å²) < 4.78 is 5.46. The molecule has 1 saturated heterocycles. The van der Waals surface area contributed by atoms with Gasteiger partial charge in [0.15, 0.2) is 0 Å². The molecule has 5 heteroatoms. The van der Waals surface area contributed by atoms with E-state index in [4.69, 9.17) is 4.74 Å². The molecule has 0 bridgehead atoms. The zero-order chi connectivity index (χ0) is 13.5. The van der Waals surface area contributed by atoms with Gasteiger partial charge in [-0.1, -0.05) is 6.92 Å². The molecule has 0 unspecified atom stereocenters. The first-order valence-corrected chi connectivity index (χ1v) is 8.22. The van der Waals surface area contributed by atoms with E-state index in [0.717, 1.165) is 38.0 Å². The third kappa shape index (κ3) is 2.00. The summed E-state index contributed by atoms with van der Waals surface area (Å²) in [5.74, 6) is 1.93. The van der Waals surface area contributed by atoms with Crippen molar-refractivity contribution in [1.82, 2.24) is 9.97 Å². The highest BCUT2D eigenvalue weighted by molar-refractivity contribution is 7.19. The van der Waals surface area contributed by atoms with Gasteiger partial charge in [0.05, 0.1) is 18.6 Å². The topological polar surface area (TPSA) is 38.2 Å². The molecule has 0 radical (unpaired) electrons. The molecule has 1 aliphatic carbocycles. The smallest absolute Gasteiger partial charge is 0.141 e. The van der Waals surface area contributed by atoms with E-state index in [-0.39, 0.29) is 0 Å². The van der Waals surface area contributed by atoms with Crippen LogP contribution in [0.3, 0.4) is 0 Å². The van der Waals surface area contributed by atoms with Crippen LogP contribution >= 0.6 is 11.3 Å². The van der Waals surface area contributed by atoms with Gasteiger partial charge in [-0.2, -0.15) is 0 Å². The molecule has 2 aromatic heterocycles. The van der Waals surface area contributed by atoms with Crippen LogP contribution in [0.4, 0.5) is 5.82 Å². The zero-order valence-corrected chi connectivity index (χ0v) is 12.6. The van der Waals surface area contributed by atoms with E-state index in [0.29, 0.717) is 0 Å². The second-order valence-electron chi connectivity index (χ2n) is 5.83. The van der Waals surface area contributed by atoms with Crippen molar-refractivity contribution in [3.05, 3.63) is 16.8 Å². The van der Waals surface area contributed by atoms with Crippen molar-refractivity contribution in [2.24, 2.45) is 5.92 Å². The summed E-state index contributed by atoms with van der Waals surface area (Å²) in [7, 11) is 0. The van der Waals surface area contributed by atoms with Crippen LogP contribution in [0.15, 0.2) is 6.33 Å². The Morgan fingerprint density at radius 3 is 3.00 bits per heavy atom. The van der Waals surface area contributed by atoms with Crippen molar-refractivity contribution >= 4 is 27.4 Å². The molecule has 4 rings (SSSR count). The molecular weight excluding hydrogens is 270 g/mol. The number of hydrogen-bond donors (Lipinski definition) is 0. The highest BCUT2D eigenvalue weighted by atomic mass is 32.1. The number of ether oxygens (including phenoxy) is 1. The predicted octanol–water partition coefficient (Wildman–Crippen LogP) is 2.65. The Labute approximate surface area is 122 Å². The van der Waals surface area contributed by atoms with Gasteiger partial charge in [0.1, 0.15) is 17.0 Å². The fourth-order valence-corrected chi connectivity index (χ4v) is 4.62. The number of morpholine rings is 1. The molecule has 1 atom stereocenters. The summed E-state index contributed by atoms with van der Waals surface area (Å²) in [4.78, 5) is 14.2. The quantitative estimate of drug-likeness (QED) is 0.809. The molecule has 0 N–H and O–H groups in total. The molecule has 1 fully saturated rings. The Morgan fingerprint density at radius 2 is 2.15 bits per heavy atom. The Kier molecular flexibility index (Phi) is 3.11. The predicted molar refractivity (Wildman–Crippen MR) is 81.6 cm³/mol. The second-order valence-corrected chi connectivity index (χ2v) is 6.91. The maximum atomic E-state index is 5.46. The van der Waals surface area contributed by atoms with Gasteiger partial charge in [-0.3, -0.25) is 0 Å². The average Bonchev–Trinajstić information content (AvgIpc) is 2.85. The van der Waals surface area contributed by atoms with Crippen molar-refractivity contribution in [2.45, 2.75) is 26.2 Å². The maximum Gasteiger partial charge on any atom is 0.141 e. The zero-order valence-electron chi connectivity index (χ0n) is 11.8. The number of nitrogens with zero attached hydrogens (tertiary/aromatic N) is 3. The lowest BCUT2D eigenvalue weighted by Gasteiger charge is -2.28. The van der Waals surface area contributed by atoms with Gasteiger partial charge in [0.2, 0.25) is 0 Å². The minimum Gasteiger partial charge on any atom is -0.378 e. The lowest BCUT2D eigenvalue weighted by molar-refractivity contribution is 0.122. The van der Waals surface area contributed by atoms with Crippen LogP contribution in [0, 0.1) is 5.92 Å². The van der Waals surface area contributed by atoms with E-state index >= 15 is 0 Å². The van der Waals surface area contributed by atoms with Gasteiger partial charge in [-0.25, -0.2) is 9.97 Å². The van der Waals surface area contributed by atoms with Crippen molar-refractivity contribution in [1.29, 1.82) is 0 Å². The van der Waals surface area contributed by atoms with Gasteiger partial charge >= 0.3 is 0 Å². The Bertz CT molecular complexity index is 633. The van der Waals surface area contributed by atoms with E-state index in [1.165, 1.54) is 39.9 Å². The number of hydrogen-bond acceptors (Lipinski definition) is 5. The number of fused-ring (bicyclic) bond motifs is 3. The molecule has 20 heavy (non-hydrogen) atoms. The van der Waals surface area contributed by atoms with Crippen molar-refractivity contribution in [3.63, 3.8) is 0 Å². The van der Waals surface area contributed by atoms with Gasteiger partial charge in [0, 0.05) is 18.0 Å². The van der Waals surface area contributed by atoms with E-state index in [1.807, 2.05) is 11.3 Å².